The predicted molar refractivity (Wildman–Crippen MR) is 110 cm³/mol. The molecule has 3 rings (SSSR count). The van der Waals surface area contributed by atoms with Gasteiger partial charge in [0.1, 0.15) is 17.7 Å². The van der Waals surface area contributed by atoms with Crippen molar-refractivity contribution in [1.82, 2.24) is 20.6 Å². The SMILES string of the molecule is COc1cc(CNC(=O)c2cc(C(=O)NCc3ccc(F)c(OC)c3)ncn2)ccc1F. The number of ether oxygens (including phenoxy) is 2. The third-order valence-corrected chi connectivity index (χ3v) is 4.47. The highest BCUT2D eigenvalue weighted by Crippen LogP contribution is 2.19. The zero-order chi connectivity index (χ0) is 23.1. The third kappa shape index (κ3) is 5.54. The Morgan fingerprint density at radius 1 is 0.781 bits per heavy atom. The maximum Gasteiger partial charge on any atom is 0.270 e. The zero-order valence-electron chi connectivity index (χ0n) is 17.3. The Balaban J connectivity index is 1.61. The predicted octanol–water partition coefficient (Wildman–Crippen LogP) is 2.63. The molecule has 0 fully saturated rings. The minimum absolute atomic E-state index is 0.0114. The molecule has 166 valence electrons. The number of nitrogens with zero attached hydrogens (tertiary/aromatic N) is 2. The molecule has 0 saturated carbocycles. The lowest BCUT2D eigenvalue weighted by Gasteiger charge is -2.09. The molecule has 2 N–H and O–H groups in total. The van der Waals surface area contributed by atoms with E-state index in [0.29, 0.717) is 11.1 Å². The molecular formula is C22H20F2N4O4. The molecule has 0 bridgehead atoms. The van der Waals surface area contributed by atoms with E-state index in [-0.39, 0.29) is 36.0 Å². The number of aromatic nitrogens is 2. The Labute approximate surface area is 182 Å². The van der Waals surface area contributed by atoms with Gasteiger partial charge in [-0.3, -0.25) is 9.59 Å². The lowest BCUT2D eigenvalue weighted by molar-refractivity contribution is 0.0944. The van der Waals surface area contributed by atoms with E-state index in [9.17, 15) is 18.4 Å². The van der Waals surface area contributed by atoms with Gasteiger partial charge in [0, 0.05) is 19.2 Å². The van der Waals surface area contributed by atoms with Gasteiger partial charge in [0.05, 0.1) is 14.2 Å². The van der Waals surface area contributed by atoms with E-state index in [0.717, 1.165) is 6.33 Å². The van der Waals surface area contributed by atoms with E-state index >= 15 is 0 Å². The molecule has 0 radical (unpaired) electrons. The van der Waals surface area contributed by atoms with Crippen LogP contribution in [0.4, 0.5) is 8.78 Å². The van der Waals surface area contributed by atoms with Gasteiger partial charge in [0.15, 0.2) is 23.1 Å². The third-order valence-electron chi connectivity index (χ3n) is 4.47. The fourth-order valence-electron chi connectivity index (χ4n) is 2.78. The van der Waals surface area contributed by atoms with Gasteiger partial charge < -0.3 is 20.1 Å². The first kappa shape index (κ1) is 22.6. The number of carbonyl (C=O) groups is 2. The molecule has 0 atom stereocenters. The second kappa shape index (κ2) is 10.3. The molecule has 1 aromatic heterocycles. The van der Waals surface area contributed by atoms with Crippen molar-refractivity contribution in [3.63, 3.8) is 0 Å². The van der Waals surface area contributed by atoms with Crippen molar-refractivity contribution in [2.75, 3.05) is 14.2 Å². The number of carbonyl (C=O) groups excluding carboxylic acids is 2. The van der Waals surface area contributed by atoms with E-state index in [1.807, 2.05) is 0 Å². The second-order valence-electron chi connectivity index (χ2n) is 6.59. The van der Waals surface area contributed by atoms with Crippen LogP contribution >= 0.6 is 0 Å². The van der Waals surface area contributed by atoms with Crippen molar-refractivity contribution < 1.29 is 27.8 Å². The van der Waals surface area contributed by atoms with Crippen molar-refractivity contribution in [3.05, 3.63) is 82.9 Å². The van der Waals surface area contributed by atoms with Crippen LogP contribution in [0.15, 0.2) is 48.8 Å². The average molecular weight is 442 g/mol. The summed E-state index contributed by atoms with van der Waals surface area (Å²) in [5.74, 6) is -1.95. The number of methoxy groups -OCH3 is 2. The van der Waals surface area contributed by atoms with Crippen LogP contribution in [0.5, 0.6) is 11.5 Å². The number of amides is 2. The van der Waals surface area contributed by atoms with Gasteiger partial charge in [-0.25, -0.2) is 18.7 Å². The molecule has 3 aromatic rings. The number of halogens is 2. The van der Waals surface area contributed by atoms with Crippen LogP contribution in [-0.2, 0) is 13.1 Å². The number of nitrogens with one attached hydrogen (secondary N) is 2. The minimum Gasteiger partial charge on any atom is -0.494 e. The van der Waals surface area contributed by atoms with Crippen molar-refractivity contribution in [2.45, 2.75) is 13.1 Å². The largest absolute Gasteiger partial charge is 0.494 e. The van der Waals surface area contributed by atoms with Crippen LogP contribution in [0, 0.1) is 11.6 Å². The van der Waals surface area contributed by atoms with E-state index < -0.39 is 23.4 Å². The van der Waals surface area contributed by atoms with E-state index in [4.69, 9.17) is 9.47 Å². The van der Waals surface area contributed by atoms with Gasteiger partial charge >= 0.3 is 0 Å². The number of hydrogen-bond acceptors (Lipinski definition) is 6. The average Bonchev–Trinajstić information content (AvgIpc) is 2.82. The molecule has 10 heteroatoms. The standard InChI is InChI=1S/C22H20F2N4O4/c1-31-19-7-13(3-5-15(19)23)10-25-21(29)17-9-18(28-12-27-17)22(30)26-11-14-4-6-16(24)20(8-14)32-2/h3-9,12H,10-11H2,1-2H3,(H,25,29)(H,26,30). The van der Waals surface area contributed by atoms with Gasteiger partial charge in [0.25, 0.3) is 11.8 Å². The normalized spacial score (nSPS) is 10.4. The monoisotopic (exact) mass is 442 g/mol. The molecule has 0 aliphatic rings. The lowest BCUT2D eigenvalue weighted by Crippen LogP contribution is -2.27. The fraction of sp³-hybridized carbons (Fsp3) is 0.182. The molecule has 2 aromatic carbocycles. The number of rotatable bonds is 8. The Morgan fingerprint density at radius 2 is 1.22 bits per heavy atom. The fourth-order valence-corrected chi connectivity index (χ4v) is 2.78. The van der Waals surface area contributed by atoms with Crippen molar-refractivity contribution in [2.24, 2.45) is 0 Å². The van der Waals surface area contributed by atoms with Crippen molar-refractivity contribution in [1.29, 1.82) is 0 Å². The van der Waals surface area contributed by atoms with Crippen LogP contribution in [0.1, 0.15) is 32.1 Å². The molecule has 2 amide bonds. The zero-order valence-corrected chi connectivity index (χ0v) is 17.3. The second-order valence-corrected chi connectivity index (χ2v) is 6.59. The smallest absolute Gasteiger partial charge is 0.270 e. The highest BCUT2D eigenvalue weighted by molar-refractivity contribution is 5.97. The van der Waals surface area contributed by atoms with Gasteiger partial charge in [0.2, 0.25) is 0 Å². The van der Waals surface area contributed by atoms with Crippen molar-refractivity contribution >= 4 is 11.8 Å². The topological polar surface area (TPSA) is 102 Å². The summed E-state index contributed by atoms with van der Waals surface area (Å²) >= 11 is 0. The van der Waals surface area contributed by atoms with Gasteiger partial charge in [-0.15, -0.1) is 0 Å². The Morgan fingerprint density at radius 3 is 1.62 bits per heavy atom. The molecule has 8 nitrogen and oxygen atoms in total. The molecule has 0 unspecified atom stereocenters. The Hall–Kier alpha value is -4.08. The van der Waals surface area contributed by atoms with Crippen LogP contribution in [0.25, 0.3) is 0 Å². The van der Waals surface area contributed by atoms with Gasteiger partial charge in [-0.05, 0) is 35.4 Å². The van der Waals surface area contributed by atoms with Crippen LogP contribution in [0.3, 0.4) is 0 Å². The number of hydrogen-bond donors (Lipinski definition) is 2. The highest BCUT2D eigenvalue weighted by atomic mass is 19.1. The lowest BCUT2D eigenvalue weighted by atomic mass is 10.2. The molecule has 1 heterocycles. The summed E-state index contributed by atoms with van der Waals surface area (Å²) in [5.41, 5.74) is 1.22. The summed E-state index contributed by atoms with van der Waals surface area (Å²) in [7, 11) is 2.70. The summed E-state index contributed by atoms with van der Waals surface area (Å²) in [4.78, 5) is 32.6. The van der Waals surface area contributed by atoms with Crippen LogP contribution in [-0.4, -0.2) is 36.0 Å². The first-order valence-electron chi connectivity index (χ1n) is 9.44. The molecular weight excluding hydrogens is 422 g/mol. The molecule has 0 aliphatic carbocycles. The van der Waals surface area contributed by atoms with E-state index in [1.165, 1.54) is 56.7 Å². The highest BCUT2D eigenvalue weighted by Gasteiger charge is 2.14. The van der Waals surface area contributed by atoms with E-state index in [2.05, 4.69) is 20.6 Å². The molecule has 0 aliphatic heterocycles. The quantitative estimate of drug-likeness (QED) is 0.556. The van der Waals surface area contributed by atoms with Gasteiger partial charge in [-0.1, -0.05) is 12.1 Å². The maximum absolute atomic E-state index is 13.5. The van der Waals surface area contributed by atoms with Gasteiger partial charge in [-0.2, -0.15) is 0 Å². The first-order valence-corrected chi connectivity index (χ1v) is 9.44. The molecule has 32 heavy (non-hydrogen) atoms. The summed E-state index contributed by atoms with van der Waals surface area (Å²) in [6.07, 6.45) is 1.10. The van der Waals surface area contributed by atoms with E-state index in [1.54, 1.807) is 0 Å². The molecule has 0 spiro atoms. The summed E-state index contributed by atoms with van der Waals surface area (Å²) in [5, 5.41) is 5.28. The number of benzene rings is 2. The minimum atomic E-state index is -0.534. The van der Waals surface area contributed by atoms with Crippen molar-refractivity contribution in [3.8, 4) is 11.5 Å². The molecule has 0 saturated heterocycles. The summed E-state index contributed by atoms with van der Waals surface area (Å²) in [6, 6.07) is 9.70. The summed E-state index contributed by atoms with van der Waals surface area (Å²) in [6.45, 7) is 0.209. The van der Waals surface area contributed by atoms with Crippen LogP contribution in [0.2, 0.25) is 0 Å². The Bertz CT molecular complexity index is 1060. The Kier molecular flexibility index (Phi) is 7.27. The summed E-state index contributed by atoms with van der Waals surface area (Å²) < 4.78 is 36.8. The first-order chi connectivity index (χ1) is 15.4. The maximum atomic E-state index is 13.5. The van der Waals surface area contributed by atoms with Crippen LogP contribution < -0.4 is 20.1 Å².